The molecule has 0 bridgehead atoms. The van der Waals surface area contributed by atoms with Crippen molar-refractivity contribution in [3.63, 3.8) is 0 Å². The topological polar surface area (TPSA) is 105 Å². The van der Waals surface area contributed by atoms with Crippen LogP contribution in [0.3, 0.4) is 0 Å². The van der Waals surface area contributed by atoms with Crippen LogP contribution >= 0.6 is 11.3 Å². The zero-order valence-corrected chi connectivity index (χ0v) is 13.0. The number of anilines is 1. The second-order valence-electron chi connectivity index (χ2n) is 4.68. The van der Waals surface area contributed by atoms with Crippen LogP contribution in [0.4, 0.5) is 5.13 Å². The van der Waals surface area contributed by atoms with E-state index in [1.807, 2.05) is 6.92 Å². The quantitative estimate of drug-likeness (QED) is 0.793. The number of rotatable bonds is 2. The Bertz CT molecular complexity index is 873. The molecule has 114 valence electrons. The van der Waals surface area contributed by atoms with Crippen molar-refractivity contribution in [2.45, 2.75) is 17.9 Å². The highest BCUT2D eigenvalue weighted by atomic mass is 32.2. The van der Waals surface area contributed by atoms with Gasteiger partial charge in [-0.2, -0.15) is 4.72 Å². The van der Waals surface area contributed by atoms with E-state index < -0.39 is 27.8 Å². The van der Waals surface area contributed by atoms with Crippen LogP contribution < -0.4 is 10.0 Å². The largest absolute Gasteiger partial charge is 0.300 e. The average Bonchev–Trinajstić information content (AvgIpc) is 2.88. The van der Waals surface area contributed by atoms with Crippen molar-refractivity contribution in [3.05, 3.63) is 40.9 Å². The molecule has 0 radical (unpaired) electrons. The van der Waals surface area contributed by atoms with E-state index in [0.29, 0.717) is 5.13 Å². The van der Waals surface area contributed by atoms with Crippen molar-refractivity contribution in [2.24, 2.45) is 0 Å². The second kappa shape index (κ2) is 5.27. The third-order valence-corrected chi connectivity index (χ3v) is 5.40. The molecule has 7 nitrogen and oxygen atoms in total. The van der Waals surface area contributed by atoms with Crippen molar-refractivity contribution in [1.82, 2.24) is 9.71 Å². The van der Waals surface area contributed by atoms with Gasteiger partial charge in [-0.25, -0.2) is 13.4 Å². The van der Waals surface area contributed by atoms with Crippen molar-refractivity contribution in [2.75, 3.05) is 5.32 Å². The van der Waals surface area contributed by atoms with Crippen LogP contribution in [0, 0.1) is 6.92 Å². The molecular weight excluding hydrogens is 326 g/mol. The minimum absolute atomic E-state index is 0.0109. The van der Waals surface area contributed by atoms with E-state index in [1.54, 1.807) is 12.3 Å². The molecule has 1 amide bonds. The number of hydrogen-bond donors (Lipinski definition) is 2. The average molecular weight is 337 g/mol. The lowest BCUT2D eigenvalue weighted by molar-refractivity contribution is -0.116. The van der Waals surface area contributed by atoms with E-state index in [4.69, 9.17) is 0 Å². The number of carbonyl (C=O) groups excluding carboxylic acids is 2. The summed E-state index contributed by atoms with van der Waals surface area (Å²) in [5.41, 5.74) is 0.0109. The zero-order valence-electron chi connectivity index (χ0n) is 11.4. The Morgan fingerprint density at radius 3 is 2.77 bits per heavy atom. The van der Waals surface area contributed by atoms with Gasteiger partial charge >= 0.3 is 0 Å². The van der Waals surface area contributed by atoms with Gasteiger partial charge < -0.3 is 5.32 Å². The van der Waals surface area contributed by atoms with E-state index in [9.17, 15) is 18.0 Å². The number of thiazole rings is 1. The number of aromatic nitrogens is 1. The summed E-state index contributed by atoms with van der Waals surface area (Å²) in [5, 5.41) is 2.77. The number of Topliss-reactive ketones (excluding diaryl/α,β-unsaturated/α-hetero) is 1. The van der Waals surface area contributed by atoms with Gasteiger partial charge in [0.25, 0.3) is 5.91 Å². The summed E-state index contributed by atoms with van der Waals surface area (Å²) in [4.78, 5) is 29.3. The number of nitrogens with zero attached hydrogens (tertiary/aromatic N) is 1. The highest BCUT2D eigenvalue weighted by Gasteiger charge is 2.40. The van der Waals surface area contributed by atoms with E-state index in [-0.39, 0.29) is 10.5 Å². The number of hydrogen-bond acceptors (Lipinski definition) is 6. The fourth-order valence-corrected chi connectivity index (χ4v) is 4.13. The number of nitrogens with one attached hydrogen (secondary N) is 2. The summed E-state index contributed by atoms with van der Waals surface area (Å²) in [5.74, 6) is -1.34. The minimum atomic E-state index is -3.90. The lowest BCUT2D eigenvalue weighted by Crippen LogP contribution is -2.52. The maximum absolute atomic E-state index is 12.3. The fraction of sp³-hybridized carbons (Fsp3) is 0.154. The smallest absolute Gasteiger partial charge is 0.252 e. The molecule has 1 aromatic carbocycles. The monoisotopic (exact) mass is 337 g/mol. The van der Waals surface area contributed by atoms with Crippen LogP contribution in [0.2, 0.25) is 0 Å². The lowest BCUT2D eigenvalue weighted by Gasteiger charge is -2.23. The van der Waals surface area contributed by atoms with Crippen molar-refractivity contribution < 1.29 is 18.0 Å². The molecule has 9 heteroatoms. The molecule has 2 heterocycles. The maximum Gasteiger partial charge on any atom is 0.252 e. The van der Waals surface area contributed by atoms with Gasteiger partial charge in [-0.05, 0) is 19.1 Å². The van der Waals surface area contributed by atoms with Crippen LogP contribution in [0.1, 0.15) is 15.2 Å². The normalized spacial score (nSPS) is 19.5. The Morgan fingerprint density at radius 1 is 1.36 bits per heavy atom. The van der Waals surface area contributed by atoms with Crippen LogP contribution in [-0.2, 0) is 14.8 Å². The number of carbonyl (C=O) groups is 2. The second-order valence-corrected chi connectivity index (χ2v) is 7.60. The van der Waals surface area contributed by atoms with Gasteiger partial charge in [-0.3, -0.25) is 9.59 Å². The van der Waals surface area contributed by atoms with Crippen molar-refractivity contribution in [3.8, 4) is 0 Å². The van der Waals surface area contributed by atoms with E-state index >= 15 is 0 Å². The SMILES string of the molecule is Cc1cnc(NC(=O)C2NS(=O)(=O)c3ccccc3C2=O)s1. The first-order valence-electron chi connectivity index (χ1n) is 6.27. The molecule has 1 atom stereocenters. The number of benzene rings is 1. The van der Waals surface area contributed by atoms with Gasteiger partial charge in [-0.1, -0.05) is 12.1 Å². The number of amides is 1. The molecule has 0 aliphatic carbocycles. The summed E-state index contributed by atoms with van der Waals surface area (Å²) < 4.78 is 26.4. The third kappa shape index (κ3) is 2.54. The summed E-state index contributed by atoms with van der Waals surface area (Å²) in [6.07, 6.45) is 1.57. The maximum atomic E-state index is 12.3. The molecule has 1 aromatic heterocycles. The molecule has 1 unspecified atom stereocenters. The van der Waals surface area contributed by atoms with E-state index in [1.165, 1.54) is 29.5 Å². The Kier molecular flexibility index (Phi) is 3.55. The Hall–Kier alpha value is -2.10. The number of fused-ring (bicyclic) bond motifs is 1. The van der Waals surface area contributed by atoms with E-state index in [0.717, 1.165) is 4.88 Å². The summed E-state index contributed by atoms with van der Waals surface area (Å²) in [6, 6.07) is 4.29. The van der Waals surface area contributed by atoms with Gasteiger partial charge in [0.1, 0.15) is 0 Å². The molecule has 22 heavy (non-hydrogen) atoms. The molecule has 3 rings (SSSR count). The zero-order chi connectivity index (χ0) is 15.9. The Balaban J connectivity index is 1.93. The molecule has 2 aromatic rings. The molecule has 0 saturated heterocycles. The summed E-state index contributed by atoms with van der Waals surface area (Å²) in [7, 11) is -3.90. The standard InChI is InChI=1S/C13H11N3O4S2/c1-7-6-14-13(21-7)15-12(18)10-11(17)8-4-2-3-5-9(8)22(19,20)16-10/h2-6,10,16H,1H3,(H,14,15,18). The summed E-state index contributed by atoms with van der Waals surface area (Å²) >= 11 is 1.24. The van der Waals surface area contributed by atoms with Crippen LogP contribution in [0.5, 0.6) is 0 Å². The lowest BCUT2D eigenvalue weighted by atomic mass is 10.0. The molecule has 2 N–H and O–H groups in total. The summed E-state index contributed by atoms with van der Waals surface area (Å²) in [6.45, 7) is 1.82. The predicted molar refractivity (Wildman–Crippen MR) is 80.4 cm³/mol. The van der Waals surface area contributed by atoms with Gasteiger partial charge in [0.05, 0.1) is 4.90 Å². The first-order valence-corrected chi connectivity index (χ1v) is 8.57. The highest BCUT2D eigenvalue weighted by Crippen LogP contribution is 2.24. The molecular formula is C13H11N3O4S2. The Morgan fingerprint density at radius 2 is 2.09 bits per heavy atom. The van der Waals surface area contributed by atoms with Crippen LogP contribution in [0.25, 0.3) is 0 Å². The fourth-order valence-electron chi connectivity index (χ4n) is 2.09. The third-order valence-electron chi connectivity index (χ3n) is 3.09. The van der Waals surface area contributed by atoms with Gasteiger partial charge in [0.15, 0.2) is 17.0 Å². The van der Waals surface area contributed by atoms with Crippen LogP contribution in [-0.4, -0.2) is 31.1 Å². The van der Waals surface area contributed by atoms with Gasteiger partial charge in [0.2, 0.25) is 10.0 Å². The number of sulfonamides is 1. The molecule has 0 fully saturated rings. The predicted octanol–water partition coefficient (Wildman–Crippen LogP) is 0.933. The molecule has 0 saturated carbocycles. The minimum Gasteiger partial charge on any atom is -0.300 e. The molecule has 1 aliphatic rings. The molecule has 1 aliphatic heterocycles. The van der Waals surface area contributed by atoms with E-state index in [2.05, 4.69) is 15.0 Å². The van der Waals surface area contributed by atoms with Crippen molar-refractivity contribution in [1.29, 1.82) is 0 Å². The van der Waals surface area contributed by atoms with Crippen molar-refractivity contribution >= 4 is 38.2 Å². The first kappa shape index (κ1) is 14.8. The Labute approximate surface area is 130 Å². The highest BCUT2D eigenvalue weighted by molar-refractivity contribution is 7.89. The van der Waals surface area contributed by atoms with Crippen LogP contribution in [0.15, 0.2) is 35.4 Å². The van der Waals surface area contributed by atoms with Gasteiger partial charge in [0, 0.05) is 16.6 Å². The van der Waals surface area contributed by atoms with Gasteiger partial charge in [-0.15, -0.1) is 11.3 Å². The number of aryl methyl sites for hydroxylation is 1. The number of ketones is 1. The molecule has 0 spiro atoms. The first-order chi connectivity index (χ1) is 10.4.